The third-order valence-corrected chi connectivity index (χ3v) is 6.34. The minimum absolute atomic E-state index is 0.137. The summed E-state index contributed by atoms with van der Waals surface area (Å²) >= 11 is 1.45. The van der Waals surface area contributed by atoms with Gasteiger partial charge in [0.25, 0.3) is 0 Å². The molecule has 0 radical (unpaired) electrons. The zero-order valence-corrected chi connectivity index (χ0v) is 18.3. The van der Waals surface area contributed by atoms with Crippen molar-refractivity contribution in [2.75, 3.05) is 18.0 Å². The Morgan fingerprint density at radius 1 is 1.24 bits per heavy atom. The van der Waals surface area contributed by atoms with Crippen LogP contribution in [0.4, 0.5) is 9.93 Å². The van der Waals surface area contributed by atoms with E-state index in [1.807, 2.05) is 17.9 Å². The first-order valence-corrected chi connectivity index (χ1v) is 11.7. The molecule has 2 aliphatic rings. The van der Waals surface area contributed by atoms with Gasteiger partial charge in [-0.2, -0.15) is 0 Å². The van der Waals surface area contributed by atoms with E-state index in [-0.39, 0.29) is 12.0 Å². The van der Waals surface area contributed by atoms with Gasteiger partial charge in [-0.25, -0.2) is 9.69 Å². The molecule has 29 heavy (non-hydrogen) atoms. The van der Waals surface area contributed by atoms with E-state index in [4.69, 9.17) is 4.74 Å². The molecule has 0 N–H and O–H groups in total. The van der Waals surface area contributed by atoms with Crippen molar-refractivity contribution in [3.63, 3.8) is 0 Å². The Kier molecular flexibility index (Phi) is 8.03. The monoisotopic (exact) mass is 420 g/mol. The minimum Gasteiger partial charge on any atom is -0.441 e. The Balaban J connectivity index is 1.68. The summed E-state index contributed by atoms with van der Waals surface area (Å²) in [5.41, 5.74) is 0. The molecule has 1 aromatic rings. The normalized spacial score (nSPS) is 19.9. The highest BCUT2D eigenvalue weighted by Crippen LogP contribution is 2.43. The largest absolute Gasteiger partial charge is 0.441 e. The van der Waals surface area contributed by atoms with E-state index in [2.05, 4.69) is 23.2 Å². The van der Waals surface area contributed by atoms with Crippen molar-refractivity contribution in [2.24, 2.45) is 0 Å². The predicted octanol–water partition coefficient (Wildman–Crippen LogP) is 4.85. The van der Waals surface area contributed by atoms with Crippen LogP contribution in [-0.4, -0.2) is 46.4 Å². The van der Waals surface area contributed by atoms with Crippen molar-refractivity contribution < 1.29 is 14.3 Å². The number of carbonyl (C=O) groups is 2. The van der Waals surface area contributed by atoms with Crippen LogP contribution in [0, 0.1) is 0 Å². The number of hydrogen-bond donors (Lipinski definition) is 0. The number of unbranched alkanes of at least 4 members (excludes halogenated alkanes) is 3. The fraction of sp³-hybridized carbons (Fsp3) is 0.714. The summed E-state index contributed by atoms with van der Waals surface area (Å²) in [6.07, 6.45) is 11.5. The summed E-state index contributed by atoms with van der Waals surface area (Å²) in [6, 6.07) is -0.137. The van der Waals surface area contributed by atoms with Gasteiger partial charge in [-0.15, -0.1) is 10.2 Å². The van der Waals surface area contributed by atoms with Gasteiger partial charge in [0.15, 0.2) is 6.23 Å². The van der Waals surface area contributed by atoms with Crippen LogP contribution in [0.3, 0.4) is 0 Å². The molecule has 3 rings (SSSR count). The molecule has 8 heteroatoms. The maximum Gasteiger partial charge on any atom is 0.329 e. The lowest BCUT2D eigenvalue weighted by Crippen LogP contribution is -2.56. The maximum absolute atomic E-state index is 13.2. The second-order valence-corrected chi connectivity index (χ2v) is 8.73. The number of anilines is 1. The number of ether oxygens (including phenoxy) is 1. The molecular formula is C21H32N4O3S. The number of esters is 1. The Labute approximate surface area is 177 Å². The first-order valence-electron chi connectivity index (χ1n) is 10.9. The van der Waals surface area contributed by atoms with Crippen molar-refractivity contribution in [1.82, 2.24) is 15.1 Å². The summed E-state index contributed by atoms with van der Waals surface area (Å²) in [5.74, 6) is 0.239. The highest BCUT2D eigenvalue weighted by molar-refractivity contribution is 7.15. The van der Waals surface area contributed by atoms with Crippen LogP contribution in [0.25, 0.3) is 0 Å². The summed E-state index contributed by atoms with van der Waals surface area (Å²) in [4.78, 5) is 28.9. The number of carbonyl (C=O) groups excluding carboxylic acids is 2. The molecule has 1 atom stereocenters. The van der Waals surface area contributed by atoms with Crippen LogP contribution in [-0.2, 0) is 9.53 Å². The summed E-state index contributed by atoms with van der Waals surface area (Å²) in [5, 5.41) is 10.1. The Hall–Kier alpha value is -1.96. The Morgan fingerprint density at radius 3 is 2.79 bits per heavy atom. The van der Waals surface area contributed by atoms with E-state index in [9.17, 15) is 9.59 Å². The smallest absolute Gasteiger partial charge is 0.329 e. The van der Waals surface area contributed by atoms with E-state index >= 15 is 0 Å². The van der Waals surface area contributed by atoms with Crippen molar-refractivity contribution in [2.45, 2.75) is 83.8 Å². The second kappa shape index (κ2) is 10.7. The van der Waals surface area contributed by atoms with Crippen molar-refractivity contribution in [1.29, 1.82) is 0 Å². The predicted molar refractivity (Wildman–Crippen MR) is 114 cm³/mol. The molecule has 2 amide bonds. The quantitative estimate of drug-likeness (QED) is 0.290. The first-order chi connectivity index (χ1) is 14.1. The van der Waals surface area contributed by atoms with Gasteiger partial charge in [0.2, 0.25) is 5.13 Å². The van der Waals surface area contributed by atoms with Crippen LogP contribution in [0.15, 0.2) is 12.2 Å². The fourth-order valence-corrected chi connectivity index (χ4v) is 4.45. The van der Waals surface area contributed by atoms with Crippen molar-refractivity contribution in [3.05, 3.63) is 17.2 Å². The lowest BCUT2D eigenvalue weighted by Gasteiger charge is -2.39. The van der Waals surface area contributed by atoms with Crippen LogP contribution in [0.2, 0.25) is 0 Å². The van der Waals surface area contributed by atoms with E-state index in [0.717, 1.165) is 50.0 Å². The fourth-order valence-electron chi connectivity index (χ4n) is 3.41. The second-order valence-electron chi connectivity index (χ2n) is 7.74. The zero-order chi connectivity index (χ0) is 20.6. The lowest BCUT2D eigenvalue weighted by atomic mass is 10.2. The van der Waals surface area contributed by atoms with Crippen molar-refractivity contribution in [3.8, 4) is 0 Å². The number of aromatic nitrogens is 2. The molecule has 1 saturated heterocycles. The molecule has 1 aromatic heterocycles. The summed E-state index contributed by atoms with van der Waals surface area (Å²) in [6.45, 7) is 5.38. The SMILES string of the molecule is C/C=C/CCCN1CCC(OC(=O)CCCCC)N(c2nnc(C3CC3)s2)C1=O. The van der Waals surface area contributed by atoms with E-state index in [1.54, 1.807) is 4.90 Å². The zero-order valence-electron chi connectivity index (χ0n) is 17.5. The minimum atomic E-state index is -0.594. The van der Waals surface area contributed by atoms with Gasteiger partial charge in [-0.1, -0.05) is 43.3 Å². The van der Waals surface area contributed by atoms with Crippen LogP contribution < -0.4 is 4.90 Å². The number of urea groups is 1. The number of amides is 2. The molecule has 0 spiro atoms. The molecular weight excluding hydrogens is 388 g/mol. The summed E-state index contributed by atoms with van der Waals surface area (Å²) in [7, 11) is 0. The van der Waals surface area contributed by atoms with Crippen LogP contribution >= 0.6 is 11.3 Å². The Morgan fingerprint density at radius 2 is 2.07 bits per heavy atom. The van der Waals surface area contributed by atoms with Gasteiger partial charge < -0.3 is 9.64 Å². The first kappa shape index (κ1) is 21.7. The van der Waals surface area contributed by atoms with E-state index < -0.39 is 6.23 Å². The topological polar surface area (TPSA) is 75.6 Å². The third-order valence-electron chi connectivity index (χ3n) is 5.26. The maximum atomic E-state index is 13.2. The van der Waals surface area contributed by atoms with Gasteiger partial charge in [0, 0.05) is 31.8 Å². The molecule has 1 saturated carbocycles. The van der Waals surface area contributed by atoms with E-state index in [0.29, 0.717) is 37.0 Å². The number of hydrogen-bond acceptors (Lipinski definition) is 6. The van der Waals surface area contributed by atoms with Crippen LogP contribution in [0.5, 0.6) is 0 Å². The van der Waals surface area contributed by atoms with Gasteiger partial charge in [0.1, 0.15) is 5.01 Å². The van der Waals surface area contributed by atoms with E-state index in [1.165, 1.54) is 11.3 Å². The number of nitrogens with zero attached hydrogens (tertiary/aromatic N) is 4. The molecule has 2 heterocycles. The van der Waals surface area contributed by atoms with Gasteiger partial charge in [-0.05, 0) is 39.0 Å². The van der Waals surface area contributed by atoms with Crippen LogP contribution in [0.1, 0.15) is 82.6 Å². The molecule has 160 valence electrons. The van der Waals surface area contributed by atoms with Gasteiger partial charge >= 0.3 is 12.0 Å². The van der Waals surface area contributed by atoms with Crippen molar-refractivity contribution >= 4 is 28.5 Å². The van der Waals surface area contributed by atoms with Gasteiger partial charge in [-0.3, -0.25) is 4.79 Å². The third kappa shape index (κ3) is 6.01. The average molecular weight is 421 g/mol. The average Bonchev–Trinajstić information content (AvgIpc) is 3.45. The molecule has 1 aliphatic heterocycles. The molecule has 0 aromatic carbocycles. The molecule has 1 unspecified atom stereocenters. The Bertz CT molecular complexity index is 717. The summed E-state index contributed by atoms with van der Waals surface area (Å²) < 4.78 is 5.72. The highest BCUT2D eigenvalue weighted by Gasteiger charge is 2.39. The number of rotatable bonds is 11. The highest BCUT2D eigenvalue weighted by atomic mass is 32.1. The molecule has 2 fully saturated rings. The molecule has 1 aliphatic carbocycles. The lowest BCUT2D eigenvalue weighted by molar-refractivity contribution is -0.149. The number of allylic oxidation sites excluding steroid dienone is 2. The standard InChI is InChI=1S/C21H32N4O3S/c1-3-5-7-9-14-24-15-13-17(28-18(26)10-8-6-4-2)25(21(24)27)20-23-22-19(29-20)16-11-12-16/h3,5,16-17H,4,6-15H2,1-2H3/b5-3+. The molecule has 0 bridgehead atoms. The van der Waals surface area contributed by atoms with Gasteiger partial charge in [0.05, 0.1) is 0 Å². The molecule has 7 nitrogen and oxygen atoms in total.